The molecule has 0 aliphatic rings. The van der Waals surface area contributed by atoms with Crippen molar-refractivity contribution in [3.05, 3.63) is 119 Å². The molecule has 4 N–H and O–H groups in total. The zero-order valence-electron chi connectivity index (χ0n) is 23.0. The molecule has 6 heteroatoms. The van der Waals surface area contributed by atoms with Gasteiger partial charge in [0.15, 0.2) is 0 Å². The highest BCUT2D eigenvalue weighted by atomic mass is 16.1. The monoisotopic (exact) mass is 521 g/mol. The lowest BCUT2D eigenvalue weighted by Gasteiger charge is -2.13. The first-order chi connectivity index (χ1) is 18.9. The molecule has 0 atom stereocenters. The Kier molecular flexibility index (Phi) is 9.70. The van der Waals surface area contributed by atoms with Gasteiger partial charge in [0.2, 0.25) is 0 Å². The molecule has 3 aromatic carbocycles. The smallest absolute Gasteiger partial charge is 0.251 e. The number of amides is 1. The summed E-state index contributed by atoms with van der Waals surface area (Å²) in [6, 6.07) is 24.5. The van der Waals surface area contributed by atoms with Crippen LogP contribution in [0.2, 0.25) is 0 Å². The third-order valence-electron chi connectivity index (χ3n) is 7.03. The molecule has 0 fully saturated rings. The minimum absolute atomic E-state index is 0.0426. The van der Waals surface area contributed by atoms with Gasteiger partial charge >= 0.3 is 0 Å². The van der Waals surface area contributed by atoms with Crippen molar-refractivity contribution in [2.45, 2.75) is 46.2 Å². The Hall–Kier alpha value is -4.16. The van der Waals surface area contributed by atoms with Crippen LogP contribution >= 0.6 is 0 Å². The van der Waals surface area contributed by atoms with Crippen molar-refractivity contribution < 1.29 is 4.79 Å². The normalized spacial score (nSPS) is 10.9. The number of nitrogens with two attached hydrogens (primary N) is 1. The van der Waals surface area contributed by atoms with Crippen molar-refractivity contribution in [2.75, 3.05) is 13.1 Å². The van der Waals surface area contributed by atoms with E-state index in [0.717, 1.165) is 61.4 Å². The summed E-state index contributed by atoms with van der Waals surface area (Å²) in [6.45, 7) is 11.2. The molecule has 0 spiro atoms. The quantitative estimate of drug-likeness (QED) is 0.199. The van der Waals surface area contributed by atoms with Gasteiger partial charge in [0.25, 0.3) is 5.91 Å². The second kappa shape index (κ2) is 13.6. The van der Waals surface area contributed by atoms with Gasteiger partial charge in [0.1, 0.15) is 5.69 Å². The fraction of sp³-hybridized carbons (Fsp3) is 0.273. The number of carbonyl (C=O) groups excluding carboxylic acids is 1. The van der Waals surface area contributed by atoms with Gasteiger partial charge in [-0.25, -0.2) is 4.98 Å². The summed E-state index contributed by atoms with van der Waals surface area (Å²) in [4.78, 5) is 17.1. The molecule has 1 aromatic heterocycles. The second-order valence-electron chi connectivity index (χ2n) is 9.99. The van der Waals surface area contributed by atoms with Crippen LogP contribution in [0.4, 0.5) is 0 Å². The Morgan fingerprint density at radius 2 is 1.64 bits per heavy atom. The third-order valence-corrected chi connectivity index (χ3v) is 7.03. The van der Waals surface area contributed by atoms with E-state index in [2.05, 4.69) is 77.0 Å². The Balaban J connectivity index is 1.20. The Bertz CT molecular complexity index is 1400. The molecular formula is C33H39N5O. The summed E-state index contributed by atoms with van der Waals surface area (Å²) in [5, 5.41) is 6.54. The Morgan fingerprint density at radius 3 is 2.36 bits per heavy atom. The lowest BCUT2D eigenvalue weighted by Crippen LogP contribution is -2.24. The van der Waals surface area contributed by atoms with E-state index in [1.54, 1.807) is 0 Å². The molecule has 1 amide bonds. The number of nitrogens with zero attached hydrogens (tertiary/aromatic N) is 2. The standard InChI is InChI=1S/C33H39N5O/c1-24-10-4-6-12-28(24)18-20-35-22-27-14-16-29(17-15-27)33(39)36-19-8-9-21-38-23-37-31(26(3)34)32(38)30-13-7-5-11-25(30)2/h4-7,10-17,23,35H,3,8-9,18-22,34H2,1-2H3,(H,36,39). The minimum atomic E-state index is -0.0426. The highest BCUT2D eigenvalue weighted by Crippen LogP contribution is 2.29. The summed E-state index contributed by atoms with van der Waals surface area (Å²) in [5.74, 6) is -0.0426. The number of aromatic nitrogens is 2. The van der Waals surface area contributed by atoms with Crippen molar-refractivity contribution >= 4 is 11.6 Å². The topological polar surface area (TPSA) is 85.0 Å². The number of benzene rings is 3. The number of rotatable bonds is 13. The molecule has 0 saturated heterocycles. The van der Waals surface area contributed by atoms with Crippen LogP contribution in [0.25, 0.3) is 17.0 Å². The molecule has 0 aliphatic carbocycles. The molecule has 4 aromatic rings. The van der Waals surface area contributed by atoms with Gasteiger partial charge in [0, 0.05) is 30.8 Å². The molecule has 202 valence electrons. The SMILES string of the molecule is C=C(N)c1ncn(CCCCNC(=O)c2ccc(CNCCc3ccccc3C)cc2)c1-c1ccccc1C. The van der Waals surface area contributed by atoms with Crippen LogP contribution in [-0.2, 0) is 19.5 Å². The average molecular weight is 522 g/mol. The maximum atomic E-state index is 12.6. The van der Waals surface area contributed by atoms with Gasteiger partial charge in [-0.1, -0.05) is 67.2 Å². The second-order valence-corrected chi connectivity index (χ2v) is 9.99. The molecule has 0 bridgehead atoms. The summed E-state index contributed by atoms with van der Waals surface area (Å²) in [7, 11) is 0. The number of carbonyl (C=O) groups is 1. The summed E-state index contributed by atoms with van der Waals surface area (Å²) in [5.41, 5.74) is 15.0. The summed E-state index contributed by atoms with van der Waals surface area (Å²) >= 11 is 0. The maximum Gasteiger partial charge on any atom is 0.251 e. The van der Waals surface area contributed by atoms with Gasteiger partial charge < -0.3 is 20.9 Å². The Morgan fingerprint density at radius 1 is 0.923 bits per heavy atom. The molecular weight excluding hydrogens is 482 g/mol. The lowest BCUT2D eigenvalue weighted by molar-refractivity contribution is 0.0953. The van der Waals surface area contributed by atoms with Crippen molar-refractivity contribution in [1.29, 1.82) is 0 Å². The van der Waals surface area contributed by atoms with Gasteiger partial charge in [-0.15, -0.1) is 0 Å². The van der Waals surface area contributed by atoms with Crippen LogP contribution in [0.5, 0.6) is 0 Å². The maximum absolute atomic E-state index is 12.6. The molecule has 0 unspecified atom stereocenters. The highest BCUT2D eigenvalue weighted by Gasteiger charge is 2.16. The summed E-state index contributed by atoms with van der Waals surface area (Å²) < 4.78 is 2.13. The van der Waals surface area contributed by atoms with E-state index in [9.17, 15) is 4.79 Å². The van der Waals surface area contributed by atoms with E-state index in [0.29, 0.717) is 17.8 Å². The molecule has 39 heavy (non-hydrogen) atoms. The van der Waals surface area contributed by atoms with Gasteiger partial charge in [-0.3, -0.25) is 4.79 Å². The van der Waals surface area contributed by atoms with E-state index in [1.165, 1.54) is 16.7 Å². The number of imidazole rings is 1. The number of hydrogen-bond donors (Lipinski definition) is 3. The van der Waals surface area contributed by atoms with Gasteiger partial charge in [-0.05, 0) is 74.0 Å². The lowest BCUT2D eigenvalue weighted by atomic mass is 10.0. The predicted octanol–water partition coefficient (Wildman–Crippen LogP) is 5.64. The van der Waals surface area contributed by atoms with Crippen LogP contribution < -0.4 is 16.4 Å². The average Bonchev–Trinajstić information content (AvgIpc) is 3.36. The van der Waals surface area contributed by atoms with Crippen LogP contribution in [0, 0.1) is 13.8 Å². The fourth-order valence-electron chi connectivity index (χ4n) is 4.74. The van der Waals surface area contributed by atoms with Crippen LogP contribution in [0.1, 0.15) is 51.1 Å². The fourth-order valence-corrected chi connectivity index (χ4v) is 4.74. The zero-order chi connectivity index (χ0) is 27.6. The number of aryl methyl sites for hydroxylation is 3. The highest BCUT2D eigenvalue weighted by molar-refractivity contribution is 5.94. The van der Waals surface area contributed by atoms with E-state index in [1.807, 2.05) is 42.7 Å². The van der Waals surface area contributed by atoms with Gasteiger partial charge in [-0.2, -0.15) is 0 Å². The van der Waals surface area contributed by atoms with Crippen molar-refractivity contribution in [3.8, 4) is 11.3 Å². The first kappa shape index (κ1) is 27.9. The minimum Gasteiger partial charge on any atom is -0.397 e. The molecule has 0 saturated carbocycles. The molecule has 4 rings (SSSR count). The largest absolute Gasteiger partial charge is 0.397 e. The van der Waals surface area contributed by atoms with Crippen LogP contribution in [-0.4, -0.2) is 28.5 Å². The number of hydrogen-bond acceptors (Lipinski definition) is 4. The van der Waals surface area contributed by atoms with Crippen LogP contribution in [0.3, 0.4) is 0 Å². The molecule has 0 radical (unpaired) electrons. The third kappa shape index (κ3) is 7.45. The Labute approximate surface area is 232 Å². The molecule has 0 aliphatic heterocycles. The summed E-state index contributed by atoms with van der Waals surface area (Å²) in [6.07, 6.45) is 4.59. The zero-order valence-corrected chi connectivity index (χ0v) is 23.0. The first-order valence-electron chi connectivity index (χ1n) is 13.6. The van der Waals surface area contributed by atoms with Crippen molar-refractivity contribution in [1.82, 2.24) is 20.2 Å². The number of unbranched alkanes of at least 4 members (excludes halogenated alkanes) is 1. The van der Waals surface area contributed by atoms with Gasteiger partial charge in [0.05, 0.1) is 17.7 Å². The van der Waals surface area contributed by atoms with Crippen molar-refractivity contribution in [3.63, 3.8) is 0 Å². The molecule has 1 heterocycles. The first-order valence-corrected chi connectivity index (χ1v) is 13.6. The van der Waals surface area contributed by atoms with Crippen molar-refractivity contribution in [2.24, 2.45) is 5.73 Å². The van der Waals surface area contributed by atoms with E-state index in [-0.39, 0.29) is 5.91 Å². The van der Waals surface area contributed by atoms with E-state index < -0.39 is 0 Å². The van der Waals surface area contributed by atoms with E-state index in [4.69, 9.17) is 5.73 Å². The predicted molar refractivity (Wildman–Crippen MR) is 160 cm³/mol. The molecule has 6 nitrogen and oxygen atoms in total. The van der Waals surface area contributed by atoms with Crippen LogP contribution in [0.15, 0.2) is 85.7 Å². The number of nitrogens with one attached hydrogen (secondary N) is 2. The van der Waals surface area contributed by atoms with E-state index >= 15 is 0 Å².